The number of benzene rings is 1. The molecule has 1 aromatic carbocycles. The summed E-state index contributed by atoms with van der Waals surface area (Å²) in [6.45, 7) is 2.32. The molecule has 0 amide bonds. The zero-order valence-corrected chi connectivity index (χ0v) is 10.9. The van der Waals surface area contributed by atoms with Crippen LogP contribution in [-0.2, 0) is 6.18 Å². The molecule has 2 nitrogen and oxygen atoms in total. The second kappa shape index (κ2) is 5.82. The van der Waals surface area contributed by atoms with Gasteiger partial charge in [0, 0.05) is 0 Å². The van der Waals surface area contributed by atoms with Gasteiger partial charge in [-0.2, -0.15) is 13.2 Å². The van der Waals surface area contributed by atoms with E-state index in [-0.39, 0.29) is 5.75 Å². The van der Waals surface area contributed by atoms with E-state index in [1.165, 1.54) is 12.1 Å². The maximum Gasteiger partial charge on any atom is 0.419 e. The molecule has 0 radical (unpaired) electrons. The minimum absolute atomic E-state index is 0.0612. The summed E-state index contributed by atoms with van der Waals surface area (Å²) in [6.07, 6.45) is -2.40. The average Bonchev–Trinajstić information content (AvgIpc) is 2.37. The van der Waals surface area contributed by atoms with Crippen LogP contribution in [0.1, 0.15) is 18.4 Å². The third kappa shape index (κ3) is 3.86. The third-order valence-electron chi connectivity index (χ3n) is 3.51. The molecule has 1 aliphatic heterocycles. The molecule has 0 spiro atoms. The summed E-state index contributed by atoms with van der Waals surface area (Å²) in [5.41, 5.74) is -0.692. The molecule has 0 atom stereocenters. The van der Waals surface area contributed by atoms with Crippen LogP contribution in [0.25, 0.3) is 0 Å². The van der Waals surface area contributed by atoms with Crippen LogP contribution in [0.5, 0.6) is 5.75 Å². The van der Waals surface area contributed by atoms with Crippen molar-refractivity contribution in [3.63, 3.8) is 0 Å². The van der Waals surface area contributed by atoms with Gasteiger partial charge in [0.05, 0.1) is 12.2 Å². The van der Waals surface area contributed by atoms with Crippen LogP contribution in [-0.4, -0.2) is 31.6 Å². The Morgan fingerprint density at radius 1 is 1.21 bits per heavy atom. The number of likely N-dealkylation sites (tertiary alicyclic amines) is 1. The van der Waals surface area contributed by atoms with Crippen molar-refractivity contribution in [1.29, 1.82) is 0 Å². The Kier molecular flexibility index (Phi) is 4.34. The lowest BCUT2D eigenvalue weighted by atomic mass is 9.98. The van der Waals surface area contributed by atoms with Crippen LogP contribution < -0.4 is 4.74 Å². The summed E-state index contributed by atoms with van der Waals surface area (Å²) in [5, 5.41) is 0. The van der Waals surface area contributed by atoms with E-state index in [1.54, 1.807) is 6.07 Å². The average molecular weight is 273 g/mol. The first-order chi connectivity index (χ1) is 8.97. The van der Waals surface area contributed by atoms with Gasteiger partial charge in [-0.1, -0.05) is 12.1 Å². The van der Waals surface area contributed by atoms with Crippen LogP contribution in [0.4, 0.5) is 13.2 Å². The lowest BCUT2D eigenvalue weighted by Gasteiger charge is -2.29. The third-order valence-corrected chi connectivity index (χ3v) is 3.51. The molecule has 19 heavy (non-hydrogen) atoms. The van der Waals surface area contributed by atoms with E-state index in [2.05, 4.69) is 11.9 Å². The fraction of sp³-hybridized carbons (Fsp3) is 0.571. The molecular formula is C14H18F3NO. The number of para-hydroxylation sites is 1. The van der Waals surface area contributed by atoms with Crippen LogP contribution in [0.2, 0.25) is 0 Å². The van der Waals surface area contributed by atoms with Gasteiger partial charge in [0.25, 0.3) is 0 Å². The van der Waals surface area contributed by atoms with E-state index in [1.807, 2.05) is 0 Å². The molecule has 1 fully saturated rings. The Labute approximate surface area is 111 Å². The molecule has 0 unspecified atom stereocenters. The summed E-state index contributed by atoms with van der Waals surface area (Å²) >= 11 is 0. The second-order valence-electron chi connectivity index (χ2n) is 5.05. The number of rotatable bonds is 3. The van der Waals surface area contributed by atoms with Crippen LogP contribution in [0.15, 0.2) is 24.3 Å². The van der Waals surface area contributed by atoms with Crippen molar-refractivity contribution in [1.82, 2.24) is 4.90 Å². The Hall–Kier alpha value is -1.23. The zero-order valence-electron chi connectivity index (χ0n) is 10.9. The SMILES string of the molecule is CN1CCC(COc2ccccc2C(F)(F)F)CC1. The number of halogens is 3. The van der Waals surface area contributed by atoms with Crippen LogP contribution >= 0.6 is 0 Å². The largest absolute Gasteiger partial charge is 0.493 e. The Bertz CT molecular complexity index is 411. The monoisotopic (exact) mass is 273 g/mol. The van der Waals surface area contributed by atoms with Crippen molar-refractivity contribution in [3.05, 3.63) is 29.8 Å². The van der Waals surface area contributed by atoms with Gasteiger partial charge in [-0.15, -0.1) is 0 Å². The van der Waals surface area contributed by atoms with Gasteiger partial charge in [0.15, 0.2) is 0 Å². The quantitative estimate of drug-likeness (QED) is 0.836. The topological polar surface area (TPSA) is 12.5 Å². The molecule has 1 saturated heterocycles. The number of alkyl halides is 3. The molecule has 0 N–H and O–H groups in total. The number of ether oxygens (including phenoxy) is 1. The van der Waals surface area contributed by atoms with Gasteiger partial charge in [-0.05, 0) is 51.0 Å². The van der Waals surface area contributed by atoms with E-state index in [0.717, 1.165) is 32.0 Å². The van der Waals surface area contributed by atoms with E-state index < -0.39 is 11.7 Å². The maximum atomic E-state index is 12.8. The highest BCUT2D eigenvalue weighted by molar-refractivity contribution is 5.35. The highest BCUT2D eigenvalue weighted by Crippen LogP contribution is 2.36. The van der Waals surface area contributed by atoms with Crippen LogP contribution in [0, 0.1) is 5.92 Å². The first-order valence-corrected chi connectivity index (χ1v) is 6.44. The van der Waals surface area contributed by atoms with Crippen molar-refractivity contribution in [3.8, 4) is 5.75 Å². The fourth-order valence-corrected chi connectivity index (χ4v) is 2.26. The van der Waals surface area contributed by atoms with Gasteiger partial charge in [-0.3, -0.25) is 0 Å². The first-order valence-electron chi connectivity index (χ1n) is 6.44. The van der Waals surface area contributed by atoms with E-state index >= 15 is 0 Å². The number of nitrogens with zero attached hydrogens (tertiary/aromatic N) is 1. The van der Waals surface area contributed by atoms with Crippen molar-refractivity contribution in [2.24, 2.45) is 5.92 Å². The minimum Gasteiger partial charge on any atom is -0.493 e. The van der Waals surface area contributed by atoms with E-state index in [4.69, 9.17) is 4.74 Å². The van der Waals surface area contributed by atoms with Gasteiger partial charge in [0.2, 0.25) is 0 Å². The summed E-state index contributed by atoms with van der Waals surface area (Å²) in [7, 11) is 2.05. The highest BCUT2D eigenvalue weighted by Gasteiger charge is 2.34. The summed E-state index contributed by atoms with van der Waals surface area (Å²) in [4.78, 5) is 2.22. The van der Waals surface area contributed by atoms with Crippen molar-refractivity contribution < 1.29 is 17.9 Å². The second-order valence-corrected chi connectivity index (χ2v) is 5.05. The predicted molar refractivity (Wildman–Crippen MR) is 67.2 cm³/mol. The highest BCUT2D eigenvalue weighted by atomic mass is 19.4. The normalized spacial score (nSPS) is 18.5. The molecule has 0 aliphatic carbocycles. The zero-order chi connectivity index (χ0) is 13.9. The fourth-order valence-electron chi connectivity index (χ4n) is 2.26. The molecular weight excluding hydrogens is 255 g/mol. The lowest BCUT2D eigenvalue weighted by molar-refractivity contribution is -0.139. The first kappa shape index (κ1) is 14.2. The molecule has 5 heteroatoms. The van der Waals surface area contributed by atoms with Gasteiger partial charge < -0.3 is 9.64 Å². The molecule has 0 bridgehead atoms. The molecule has 2 rings (SSSR count). The Balaban J connectivity index is 1.96. The number of hydrogen-bond acceptors (Lipinski definition) is 2. The Morgan fingerprint density at radius 2 is 1.84 bits per heavy atom. The van der Waals surface area contributed by atoms with Crippen molar-refractivity contribution >= 4 is 0 Å². The molecule has 1 aliphatic rings. The smallest absolute Gasteiger partial charge is 0.419 e. The molecule has 1 heterocycles. The summed E-state index contributed by atoms with van der Waals surface area (Å²) in [5.74, 6) is 0.284. The number of piperidine rings is 1. The van der Waals surface area contributed by atoms with Gasteiger partial charge in [-0.25, -0.2) is 0 Å². The van der Waals surface area contributed by atoms with Crippen molar-refractivity contribution in [2.45, 2.75) is 19.0 Å². The molecule has 1 aromatic rings. The predicted octanol–water partition coefficient (Wildman–Crippen LogP) is 3.43. The Morgan fingerprint density at radius 3 is 2.47 bits per heavy atom. The molecule has 0 saturated carbocycles. The van der Waals surface area contributed by atoms with E-state index in [9.17, 15) is 13.2 Å². The van der Waals surface area contributed by atoms with Gasteiger partial charge >= 0.3 is 6.18 Å². The minimum atomic E-state index is -4.36. The van der Waals surface area contributed by atoms with Gasteiger partial charge in [0.1, 0.15) is 5.75 Å². The molecule has 106 valence electrons. The van der Waals surface area contributed by atoms with Crippen molar-refractivity contribution in [2.75, 3.05) is 26.7 Å². The van der Waals surface area contributed by atoms with Crippen LogP contribution in [0.3, 0.4) is 0 Å². The number of hydrogen-bond donors (Lipinski definition) is 0. The summed E-state index contributed by atoms with van der Waals surface area (Å²) in [6, 6.07) is 5.40. The standard InChI is InChI=1S/C14H18F3NO/c1-18-8-6-11(7-9-18)10-19-13-5-3-2-4-12(13)14(15,16)17/h2-5,11H,6-10H2,1H3. The maximum absolute atomic E-state index is 12.8. The summed E-state index contributed by atoms with van der Waals surface area (Å²) < 4.78 is 43.7. The lowest BCUT2D eigenvalue weighted by Crippen LogP contribution is -2.32. The molecule has 0 aromatic heterocycles. The van der Waals surface area contributed by atoms with E-state index in [0.29, 0.717) is 12.5 Å².